The lowest BCUT2D eigenvalue weighted by Crippen LogP contribution is -2.61. The van der Waals surface area contributed by atoms with Crippen molar-refractivity contribution in [3.8, 4) is 0 Å². The molecule has 19 heavy (non-hydrogen) atoms. The highest BCUT2D eigenvalue weighted by molar-refractivity contribution is 9.10. The molecular weight excluding hydrogens is 302 g/mol. The Kier molecular flexibility index (Phi) is 4.22. The topological polar surface area (TPSA) is 18.5 Å². The zero-order valence-corrected chi connectivity index (χ0v) is 13.1. The number of benzene rings is 1. The molecule has 1 aromatic rings. The molecule has 0 amide bonds. The fraction of sp³-hybridized carbons (Fsp3) is 0.600. The van der Waals surface area contributed by atoms with Crippen molar-refractivity contribution in [1.82, 2.24) is 15.1 Å². The highest BCUT2D eigenvalue weighted by Gasteiger charge is 2.29. The molecule has 2 aliphatic heterocycles. The Morgan fingerprint density at radius 1 is 1.21 bits per heavy atom. The monoisotopic (exact) mass is 323 g/mol. The highest BCUT2D eigenvalue weighted by Crippen LogP contribution is 2.24. The van der Waals surface area contributed by atoms with Crippen LogP contribution in [0.2, 0.25) is 0 Å². The first-order chi connectivity index (χ1) is 9.24. The number of hydrogen-bond donors (Lipinski definition) is 1. The van der Waals surface area contributed by atoms with Crippen LogP contribution in [0.4, 0.5) is 0 Å². The zero-order chi connectivity index (χ0) is 13.2. The summed E-state index contributed by atoms with van der Waals surface area (Å²) < 4.78 is 1.18. The summed E-state index contributed by atoms with van der Waals surface area (Å²) in [6.07, 6.45) is 0. The van der Waals surface area contributed by atoms with Crippen LogP contribution in [-0.2, 0) is 0 Å². The van der Waals surface area contributed by atoms with Gasteiger partial charge < -0.3 is 5.32 Å². The summed E-state index contributed by atoms with van der Waals surface area (Å²) in [6.45, 7) is 9.48. The molecule has 0 bridgehead atoms. The van der Waals surface area contributed by atoms with Crippen LogP contribution in [0, 0.1) is 0 Å². The summed E-state index contributed by atoms with van der Waals surface area (Å²) in [7, 11) is 0. The van der Waals surface area contributed by atoms with E-state index in [1.807, 2.05) is 0 Å². The molecule has 2 aliphatic rings. The number of rotatable bonds is 3. The van der Waals surface area contributed by atoms with Crippen molar-refractivity contribution >= 4 is 15.9 Å². The Hall–Kier alpha value is -0.420. The van der Waals surface area contributed by atoms with Gasteiger partial charge in [0, 0.05) is 55.8 Å². The summed E-state index contributed by atoms with van der Waals surface area (Å²) in [4.78, 5) is 5.24. The highest BCUT2D eigenvalue weighted by atomic mass is 79.9. The average molecular weight is 324 g/mol. The van der Waals surface area contributed by atoms with Gasteiger partial charge in [0.05, 0.1) is 0 Å². The number of halogens is 1. The van der Waals surface area contributed by atoms with Crippen molar-refractivity contribution < 1.29 is 0 Å². The van der Waals surface area contributed by atoms with Gasteiger partial charge in [-0.25, -0.2) is 0 Å². The van der Waals surface area contributed by atoms with Crippen molar-refractivity contribution in [2.45, 2.75) is 19.0 Å². The van der Waals surface area contributed by atoms with Crippen LogP contribution in [0.25, 0.3) is 0 Å². The van der Waals surface area contributed by atoms with E-state index in [0.717, 1.165) is 6.04 Å². The van der Waals surface area contributed by atoms with Gasteiger partial charge in [-0.1, -0.05) is 28.1 Å². The van der Waals surface area contributed by atoms with Gasteiger partial charge >= 0.3 is 0 Å². The molecule has 0 spiro atoms. The van der Waals surface area contributed by atoms with Crippen molar-refractivity contribution in [3.05, 3.63) is 34.3 Å². The predicted octanol–water partition coefficient (Wildman–Crippen LogP) is 2.10. The van der Waals surface area contributed by atoms with E-state index in [9.17, 15) is 0 Å². The zero-order valence-electron chi connectivity index (χ0n) is 11.5. The molecule has 0 aromatic heterocycles. The lowest BCUT2D eigenvalue weighted by Gasteiger charge is -2.44. The Morgan fingerprint density at radius 3 is 2.53 bits per heavy atom. The minimum absolute atomic E-state index is 0.513. The lowest BCUT2D eigenvalue weighted by molar-refractivity contribution is 0.0552. The number of hydrogen-bond acceptors (Lipinski definition) is 3. The van der Waals surface area contributed by atoms with Crippen molar-refractivity contribution in [1.29, 1.82) is 0 Å². The first kappa shape index (κ1) is 13.6. The third kappa shape index (κ3) is 3.02. The normalized spacial score (nSPS) is 24.1. The molecule has 3 nitrogen and oxygen atoms in total. The maximum atomic E-state index is 3.57. The van der Waals surface area contributed by atoms with E-state index in [0.29, 0.717) is 6.04 Å². The van der Waals surface area contributed by atoms with Crippen LogP contribution < -0.4 is 5.32 Å². The second-order valence-corrected chi connectivity index (χ2v) is 6.53. The smallest absolute Gasteiger partial charge is 0.0346 e. The molecule has 3 rings (SSSR count). The molecule has 0 aliphatic carbocycles. The van der Waals surface area contributed by atoms with Crippen molar-refractivity contribution in [3.63, 3.8) is 0 Å². The van der Waals surface area contributed by atoms with Crippen LogP contribution in [0.5, 0.6) is 0 Å². The van der Waals surface area contributed by atoms with Crippen LogP contribution >= 0.6 is 15.9 Å². The minimum Gasteiger partial charge on any atom is -0.314 e. The largest absolute Gasteiger partial charge is 0.314 e. The predicted molar refractivity (Wildman–Crippen MR) is 82.4 cm³/mol. The minimum atomic E-state index is 0.513. The van der Waals surface area contributed by atoms with Gasteiger partial charge in [-0.3, -0.25) is 9.80 Å². The third-order valence-electron chi connectivity index (χ3n) is 4.50. The molecule has 1 atom stereocenters. The van der Waals surface area contributed by atoms with Crippen molar-refractivity contribution in [2.75, 3.05) is 39.3 Å². The van der Waals surface area contributed by atoms with E-state index in [-0.39, 0.29) is 0 Å². The number of nitrogens with one attached hydrogen (secondary N) is 1. The standard InChI is InChI=1S/C15H22BrN3/c1-12(13-3-2-4-14(16)9-13)18-5-7-19(8-6-18)15-10-17-11-15/h2-4,9,12,15,17H,5-8,10-11H2,1H3. The summed E-state index contributed by atoms with van der Waals surface area (Å²) in [5.74, 6) is 0. The average Bonchev–Trinajstić information content (AvgIpc) is 2.37. The van der Waals surface area contributed by atoms with Gasteiger partial charge in [-0.15, -0.1) is 0 Å². The summed E-state index contributed by atoms with van der Waals surface area (Å²) in [5.41, 5.74) is 1.41. The SMILES string of the molecule is CC(c1cccc(Br)c1)N1CCN(C2CNC2)CC1. The first-order valence-corrected chi connectivity index (χ1v) is 7.97. The van der Waals surface area contributed by atoms with Crippen LogP contribution in [0.3, 0.4) is 0 Å². The van der Waals surface area contributed by atoms with Crippen LogP contribution in [0.1, 0.15) is 18.5 Å². The second kappa shape index (κ2) is 5.92. The van der Waals surface area contributed by atoms with Gasteiger partial charge in [0.25, 0.3) is 0 Å². The van der Waals surface area contributed by atoms with Crippen LogP contribution in [0.15, 0.2) is 28.7 Å². The maximum Gasteiger partial charge on any atom is 0.0346 e. The van der Waals surface area contributed by atoms with Gasteiger partial charge in [0.2, 0.25) is 0 Å². The quantitative estimate of drug-likeness (QED) is 0.919. The molecule has 1 N–H and O–H groups in total. The van der Waals surface area contributed by atoms with E-state index in [1.165, 1.54) is 49.3 Å². The number of nitrogens with zero attached hydrogens (tertiary/aromatic N) is 2. The molecule has 1 aromatic carbocycles. The lowest BCUT2D eigenvalue weighted by atomic mass is 10.0. The second-order valence-electron chi connectivity index (χ2n) is 5.61. The fourth-order valence-corrected chi connectivity index (χ4v) is 3.42. The molecular formula is C15H22BrN3. The third-order valence-corrected chi connectivity index (χ3v) is 5.00. The molecule has 0 radical (unpaired) electrons. The van der Waals surface area contributed by atoms with Crippen LogP contribution in [-0.4, -0.2) is 55.1 Å². The molecule has 2 fully saturated rings. The Bertz CT molecular complexity index is 425. The molecule has 0 saturated carbocycles. The van der Waals surface area contributed by atoms with E-state index in [2.05, 4.69) is 62.2 Å². The van der Waals surface area contributed by atoms with Crippen molar-refractivity contribution in [2.24, 2.45) is 0 Å². The van der Waals surface area contributed by atoms with E-state index >= 15 is 0 Å². The Balaban J connectivity index is 1.58. The first-order valence-electron chi connectivity index (χ1n) is 7.18. The summed E-state index contributed by atoms with van der Waals surface area (Å²) >= 11 is 3.57. The van der Waals surface area contributed by atoms with E-state index < -0.39 is 0 Å². The van der Waals surface area contributed by atoms with Gasteiger partial charge in [0.15, 0.2) is 0 Å². The number of piperazine rings is 1. The Morgan fingerprint density at radius 2 is 1.95 bits per heavy atom. The van der Waals surface area contributed by atoms with Gasteiger partial charge in [-0.2, -0.15) is 0 Å². The molecule has 4 heteroatoms. The molecule has 2 heterocycles. The van der Waals surface area contributed by atoms with E-state index in [1.54, 1.807) is 0 Å². The van der Waals surface area contributed by atoms with Gasteiger partial charge in [0.1, 0.15) is 0 Å². The maximum absolute atomic E-state index is 3.57. The fourth-order valence-electron chi connectivity index (χ4n) is 3.00. The molecule has 104 valence electrons. The molecule has 2 saturated heterocycles. The summed E-state index contributed by atoms with van der Waals surface area (Å²) in [5, 5.41) is 3.36. The summed E-state index contributed by atoms with van der Waals surface area (Å²) in [6, 6.07) is 10.0. The Labute approximate surface area is 124 Å². The van der Waals surface area contributed by atoms with Gasteiger partial charge in [-0.05, 0) is 24.6 Å². The molecule has 1 unspecified atom stereocenters. The van der Waals surface area contributed by atoms with E-state index in [4.69, 9.17) is 0 Å².